The maximum absolute atomic E-state index is 12.8. The Labute approximate surface area is 194 Å². The van der Waals surface area contributed by atoms with Crippen molar-refractivity contribution in [3.63, 3.8) is 0 Å². The van der Waals surface area contributed by atoms with Crippen molar-refractivity contribution in [2.24, 2.45) is 5.73 Å². The molecule has 33 heavy (non-hydrogen) atoms. The number of primary amides is 1. The Kier molecular flexibility index (Phi) is 8.49. The molecule has 2 amide bonds. The standard InChI is InChI=1S/C25H30N6O2/c1-3-30(4-2)15-6-16-31(23-18-19(24(26)32)9-14-28-23)22-8-5-7-20(17-22)25(33)29-21-10-12-27-13-11-21/h5,7-14,17-18H,3-4,6,15-16H2,1-2H3,(H2,26,32)(H,27,29,33). The number of pyridine rings is 2. The minimum atomic E-state index is -0.507. The summed E-state index contributed by atoms with van der Waals surface area (Å²) in [7, 11) is 0. The molecule has 0 aliphatic carbocycles. The molecule has 0 fully saturated rings. The second-order valence-electron chi connectivity index (χ2n) is 7.54. The van der Waals surface area contributed by atoms with Gasteiger partial charge in [0.2, 0.25) is 5.91 Å². The largest absolute Gasteiger partial charge is 0.366 e. The van der Waals surface area contributed by atoms with Gasteiger partial charge in [-0.1, -0.05) is 19.9 Å². The van der Waals surface area contributed by atoms with Crippen LogP contribution in [0.4, 0.5) is 17.2 Å². The number of hydrogen-bond donors (Lipinski definition) is 2. The van der Waals surface area contributed by atoms with Crippen LogP contribution in [-0.4, -0.2) is 52.9 Å². The maximum atomic E-state index is 12.8. The van der Waals surface area contributed by atoms with Crippen molar-refractivity contribution < 1.29 is 9.59 Å². The first-order valence-electron chi connectivity index (χ1n) is 11.1. The van der Waals surface area contributed by atoms with E-state index in [0.29, 0.717) is 29.2 Å². The molecular weight excluding hydrogens is 416 g/mol. The van der Waals surface area contributed by atoms with Crippen molar-refractivity contribution in [2.75, 3.05) is 36.4 Å². The summed E-state index contributed by atoms with van der Waals surface area (Å²) in [4.78, 5) is 37.3. The molecule has 8 nitrogen and oxygen atoms in total. The molecule has 1 aromatic carbocycles. The summed E-state index contributed by atoms with van der Waals surface area (Å²) >= 11 is 0. The monoisotopic (exact) mass is 446 g/mol. The zero-order valence-electron chi connectivity index (χ0n) is 19.1. The zero-order chi connectivity index (χ0) is 23.6. The first-order valence-corrected chi connectivity index (χ1v) is 11.1. The smallest absolute Gasteiger partial charge is 0.255 e. The number of carbonyl (C=O) groups excluding carboxylic acids is 2. The first-order chi connectivity index (χ1) is 16.0. The number of rotatable bonds is 11. The van der Waals surface area contributed by atoms with Gasteiger partial charge < -0.3 is 20.9 Å². The van der Waals surface area contributed by atoms with E-state index in [-0.39, 0.29) is 5.91 Å². The lowest BCUT2D eigenvalue weighted by Crippen LogP contribution is -2.28. The van der Waals surface area contributed by atoms with Crippen molar-refractivity contribution in [1.82, 2.24) is 14.9 Å². The van der Waals surface area contributed by atoms with Crippen molar-refractivity contribution in [3.8, 4) is 0 Å². The third kappa shape index (κ3) is 6.60. The maximum Gasteiger partial charge on any atom is 0.255 e. The fourth-order valence-corrected chi connectivity index (χ4v) is 3.54. The van der Waals surface area contributed by atoms with Crippen LogP contribution >= 0.6 is 0 Å². The molecule has 172 valence electrons. The fraction of sp³-hybridized carbons (Fsp3) is 0.280. The average Bonchev–Trinajstić information content (AvgIpc) is 2.85. The van der Waals surface area contributed by atoms with Crippen molar-refractivity contribution in [3.05, 3.63) is 78.2 Å². The molecule has 0 unspecified atom stereocenters. The zero-order valence-corrected chi connectivity index (χ0v) is 19.1. The van der Waals surface area contributed by atoms with Crippen LogP contribution in [0.2, 0.25) is 0 Å². The summed E-state index contributed by atoms with van der Waals surface area (Å²) in [5.41, 5.74) is 7.88. The lowest BCUT2D eigenvalue weighted by atomic mass is 10.1. The molecule has 0 saturated carbocycles. The Bertz CT molecular complexity index is 1070. The number of nitrogens with two attached hydrogens (primary N) is 1. The number of amides is 2. The summed E-state index contributed by atoms with van der Waals surface area (Å²) < 4.78 is 0. The molecule has 3 rings (SSSR count). The normalized spacial score (nSPS) is 10.8. The number of carbonyl (C=O) groups is 2. The van der Waals surface area contributed by atoms with Crippen LogP contribution in [0.3, 0.4) is 0 Å². The van der Waals surface area contributed by atoms with E-state index in [9.17, 15) is 9.59 Å². The van der Waals surface area contributed by atoms with Gasteiger partial charge in [-0.05, 0) is 68.5 Å². The second kappa shape index (κ2) is 11.7. The highest BCUT2D eigenvalue weighted by molar-refractivity contribution is 6.04. The van der Waals surface area contributed by atoms with Crippen LogP contribution in [-0.2, 0) is 0 Å². The minimum Gasteiger partial charge on any atom is -0.366 e. The van der Waals surface area contributed by atoms with Gasteiger partial charge in [-0.15, -0.1) is 0 Å². The summed E-state index contributed by atoms with van der Waals surface area (Å²) in [6.45, 7) is 7.85. The molecule has 0 bridgehead atoms. The molecule has 0 saturated heterocycles. The van der Waals surface area contributed by atoms with E-state index in [1.165, 1.54) is 0 Å². The Balaban J connectivity index is 1.87. The van der Waals surface area contributed by atoms with Crippen LogP contribution in [0.15, 0.2) is 67.1 Å². The second-order valence-corrected chi connectivity index (χ2v) is 7.54. The van der Waals surface area contributed by atoms with E-state index in [4.69, 9.17) is 5.73 Å². The van der Waals surface area contributed by atoms with Gasteiger partial charge in [-0.2, -0.15) is 0 Å². The molecule has 2 heterocycles. The highest BCUT2D eigenvalue weighted by atomic mass is 16.2. The predicted octanol–water partition coefficient (Wildman–Crippen LogP) is 3.70. The number of nitrogens with one attached hydrogen (secondary N) is 1. The molecule has 0 aliphatic heterocycles. The SMILES string of the molecule is CCN(CC)CCCN(c1cccc(C(=O)Nc2ccncc2)c1)c1cc(C(N)=O)ccn1. The van der Waals surface area contributed by atoms with Crippen LogP contribution in [0.1, 0.15) is 41.0 Å². The fourth-order valence-electron chi connectivity index (χ4n) is 3.54. The van der Waals surface area contributed by atoms with Gasteiger partial charge in [-0.25, -0.2) is 4.98 Å². The minimum absolute atomic E-state index is 0.218. The van der Waals surface area contributed by atoms with Gasteiger partial charge in [0.05, 0.1) is 0 Å². The average molecular weight is 447 g/mol. The predicted molar refractivity (Wildman–Crippen MR) is 131 cm³/mol. The molecule has 0 atom stereocenters. The lowest BCUT2D eigenvalue weighted by Gasteiger charge is -2.26. The van der Waals surface area contributed by atoms with Gasteiger partial charge in [0, 0.05) is 47.6 Å². The van der Waals surface area contributed by atoms with Crippen molar-refractivity contribution in [1.29, 1.82) is 0 Å². The Hall–Kier alpha value is -3.78. The first kappa shape index (κ1) is 23.9. The van der Waals surface area contributed by atoms with Crippen molar-refractivity contribution in [2.45, 2.75) is 20.3 Å². The topological polar surface area (TPSA) is 104 Å². The molecule has 0 radical (unpaired) electrons. The lowest BCUT2D eigenvalue weighted by molar-refractivity contribution is 0.0997. The third-order valence-electron chi connectivity index (χ3n) is 5.42. The number of nitrogens with zero attached hydrogens (tertiary/aromatic N) is 4. The summed E-state index contributed by atoms with van der Waals surface area (Å²) in [6.07, 6.45) is 5.71. The Morgan fingerprint density at radius 2 is 1.70 bits per heavy atom. The number of hydrogen-bond acceptors (Lipinski definition) is 6. The molecule has 2 aromatic heterocycles. The van der Waals surface area contributed by atoms with Gasteiger partial charge in [-0.3, -0.25) is 14.6 Å². The summed E-state index contributed by atoms with van der Waals surface area (Å²) in [5.74, 6) is -0.116. The quantitative estimate of drug-likeness (QED) is 0.465. The van der Waals surface area contributed by atoms with Crippen LogP contribution in [0.5, 0.6) is 0 Å². The van der Waals surface area contributed by atoms with Crippen LogP contribution in [0.25, 0.3) is 0 Å². The van der Waals surface area contributed by atoms with E-state index in [1.54, 1.807) is 48.9 Å². The van der Waals surface area contributed by atoms with Gasteiger partial charge in [0.15, 0.2) is 0 Å². The number of aromatic nitrogens is 2. The molecule has 0 aliphatic rings. The van der Waals surface area contributed by atoms with Gasteiger partial charge in [0.25, 0.3) is 5.91 Å². The van der Waals surface area contributed by atoms with Crippen molar-refractivity contribution >= 4 is 29.0 Å². The van der Waals surface area contributed by atoms with E-state index >= 15 is 0 Å². The third-order valence-corrected chi connectivity index (χ3v) is 5.42. The van der Waals surface area contributed by atoms with E-state index in [2.05, 4.69) is 34.0 Å². The van der Waals surface area contributed by atoms with Crippen LogP contribution in [0, 0.1) is 0 Å². The summed E-state index contributed by atoms with van der Waals surface area (Å²) in [5, 5.41) is 2.88. The highest BCUT2D eigenvalue weighted by Gasteiger charge is 2.15. The molecule has 8 heteroatoms. The number of benzene rings is 1. The van der Waals surface area contributed by atoms with Gasteiger partial charge in [0.1, 0.15) is 5.82 Å². The van der Waals surface area contributed by atoms with Crippen LogP contribution < -0.4 is 16.0 Å². The van der Waals surface area contributed by atoms with E-state index in [1.807, 2.05) is 23.1 Å². The molecule has 3 aromatic rings. The molecule has 0 spiro atoms. The molecular formula is C25H30N6O2. The summed E-state index contributed by atoms with van der Waals surface area (Å²) in [6, 6.07) is 14.1. The highest BCUT2D eigenvalue weighted by Crippen LogP contribution is 2.26. The van der Waals surface area contributed by atoms with Gasteiger partial charge >= 0.3 is 0 Å². The number of anilines is 3. The van der Waals surface area contributed by atoms with E-state index in [0.717, 1.165) is 31.7 Å². The Morgan fingerprint density at radius 1 is 0.939 bits per heavy atom. The Morgan fingerprint density at radius 3 is 2.39 bits per heavy atom. The molecule has 3 N–H and O–H groups in total. The van der Waals surface area contributed by atoms with E-state index < -0.39 is 5.91 Å².